The van der Waals surface area contributed by atoms with E-state index in [9.17, 15) is 0 Å². The van der Waals surface area contributed by atoms with Crippen LogP contribution in [0, 0.1) is 0 Å². The summed E-state index contributed by atoms with van der Waals surface area (Å²) in [5.74, 6) is 0. The highest BCUT2D eigenvalue weighted by molar-refractivity contribution is 9.10. The Bertz CT molecular complexity index is 1460. The van der Waals surface area contributed by atoms with Crippen LogP contribution in [-0.4, -0.2) is 4.98 Å². The molecule has 0 aliphatic heterocycles. The predicted molar refractivity (Wildman–Crippen MR) is 116 cm³/mol. The Morgan fingerprint density at radius 2 is 1.12 bits per heavy atom. The summed E-state index contributed by atoms with van der Waals surface area (Å²) in [6.45, 7) is 0. The van der Waals surface area contributed by atoms with Crippen LogP contribution < -0.4 is 0 Å². The lowest BCUT2D eigenvalue weighted by atomic mass is 9.93. The summed E-state index contributed by atoms with van der Waals surface area (Å²) in [6.07, 6.45) is 0. The Morgan fingerprint density at radius 3 is 1.85 bits per heavy atom. The van der Waals surface area contributed by atoms with Crippen LogP contribution in [0.1, 0.15) is 0 Å². The first-order valence-corrected chi connectivity index (χ1v) is 9.54. The molecule has 0 saturated carbocycles. The van der Waals surface area contributed by atoms with Gasteiger partial charge in [0, 0.05) is 26.1 Å². The fraction of sp³-hybridized carbons (Fsp3) is 0. The van der Waals surface area contributed by atoms with Crippen molar-refractivity contribution >= 4 is 70.1 Å². The molecule has 26 heavy (non-hydrogen) atoms. The first-order chi connectivity index (χ1) is 12.8. The summed E-state index contributed by atoms with van der Waals surface area (Å²) in [6, 6.07) is 28.4. The minimum absolute atomic E-state index is 1.11. The molecule has 0 fully saturated rings. The highest BCUT2D eigenvalue weighted by atomic mass is 79.9. The number of hydrogen-bond donors (Lipinski definition) is 1. The van der Waals surface area contributed by atoms with Gasteiger partial charge in [-0.15, -0.1) is 0 Å². The van der Waals surface area contributed by atoms with E-state index in [4.69, 9.17) is 0 Å². The number of benzene rings is 5. The zero-order chi connectivity index (χ0) is 17.3. The topological polar surface area (TPSA) is 15.8 Å². The number of fused-ring (bicyclic) bond motifs is 10. The largest absolute Gasteiger partial charge is 0.354 e. The van der Waals surface area contributed by atoms with Crippen LogP contribution >= 0.6 is 15.9 Å². The Labute approximate surface area is 158 Å². The van der Waals surface area contributed by atoms with Crippen molar-refractivity contribution in [2.75, 3.05) is 0 Å². The van der Waals surface area contributed by atoms with Crippen molar-refractivity contribution in [3.63, 3.8) is 0 Å². The molecule has 0 aliphatic rings. The zero-order valence-corrected chi connectivity index (χ0v) is 15.5. The second-order valence-corrected chi connectivity index (χ2v) is 7.73. The van der Waals surface area contributed by atoms with E-state index in [1.165, 1.54) is 54.1 Å². The van der Waals surface area contributed by atoms with Gasteiger partial charge in [-0.05, 0) is 45.1 Å². The lowest BCUT2D eigenvalue weighted by molar-refractivity contribution is 1.56. The summed E-state index contributed by atoms with van der Waals surface area (Å²) in [5, 5.41) is 10.4. The molecule has 1 aromatic heterocycles. The third-order valence-electron chi connectivity index (χ3n) is 5.44. The zero-order valence-electron chi connectivity index (χ0n) is 13.9. The number of H-pyrrole nitrogens is 1. The van der Waals surface area contributed by atoms with Gasteiger partial charge in [-0.3, -0.25) is 0 Å². The Morgan fingerprint density at radius 1 is 0.538 bits per heavy atom. The summed E-state index contributed by atoms with van der Waals surface area (Å²) in [7, 11) is 0. The van der Waals surface area contributed by atoms with Gasteiger partial charge in [-0.1, -0.05) is 76.6 Å². The van der Waals surface area contributed by atoms with Crippen LogP contribution in [0.15, 0.2) is 83.3 Å². The number of aromatic amines is 1. The van der Waals surface area contributed by atoms with Crippen molar-refractivity contribution < 1.29 is 0 Å². The molecule has 0 bridgehead atoms. The van der Waals surface area contributed by atoms with Crippen LogP contribution in [0.2, 0.25) is 0 Å². The van der Waals surface area contributed by atoms with Gasteiger partial charge in [-0.2, -0.15) is 0 Å². The smallest absolute Gasteiger partial charge is 0.0551 e. The van der Waals surface area contributed by atoms with Crippen molar-refractivity contribution in [3.05, 3.63) is 83.3 Å². The van der Waals surface area contributed by atoms with Crippen LogP contribution in [0.3, 0.4) is 0 Å². The maximum Gasteiger partial charge on any atom is 0.0551 e. The van der Waals surface area contributed by atoms with E-state index in [-0.39, 0.29) is 0 Å². The van der Waals surface area contributed by atoms with Crippen LogP contribution in [0.5, 0.6) is 0 Å². The lowest BCUT2D eigenvalue weighted by Gasteiger charge is -2.11. The molecule has 0 radical (unpaired) electrons. The van der Waals surface area contributed by atoms with Gasteiger partial charge in [0.2, 0.25) is 0 Å². The molecular weight excluding hydrogens is 382 g/mol. The highest BCUT2D eigenvalue weighted by Crippen LogP contribution is 2.40. The van der Waals surface area contributed by atoms with Crippen molar-refractivity contribution in [2.45, 2.75) is 0 Å². The van der Waals surface area contributed by atoms with E-state index in [1.807, 2.05) is 0 Å². The van der Waals surface area contributed by atoms with E-state index in [0.717, 1.165) is 4.47 Å². The van der Waals surface area contributed by atoms with Crippen LogP contribution in [0.25, 0.3) is 54.1 Å². The van der Waals surface area contributed by atoms with E-state index in [1.54, 1.807) is 0 Å². The van der Waals surface area contributed by atoms with Gasteiger partial charge in [0.25, 0.3) is 0 Å². The van der Waals surface area contributed by atoms with Crippen molar-refractivity contribution in [1.29, 1.82) is 0 Å². The SMILES string of the molecule is Brc1ccc2[nH]c3c(ccc4c5ccccc5c5ccccc5c43)c2c1. The van der Waals surface area contributed by atoms with Gasteiger partial charge >= 0.3 is 0 Å². The van der Waals surface area contributed by atoms with E-state index < -0.39 is 0 Å². The van der Waals surface area contributed by atoms with Gasteiger partial charge in [-0.25, -0.2) is 0 Å². The highest BCUT2D eigenvalue weighted by Gasteiger charge is 2.13. The second kappa shape index (κ2) is 5.09. The molecule has 5 aromatic carbocycles. The van der Waals surface area contributed by atoms with E-state index in [0.29, 0.717) is 0 Å². The van der Waals surface area contributed by atoms with Crippen molar-refractivity contribution in [1.82, 2.24) is 4.98 Å². The fourth-order valence-corrected chi connectivity index (χ4v) is 4.69. The predicted octanol–water partition coefficient (Wildman–Crippen LogP) is 7.54. The fourth-order valence-electron chi connectivity index (χ4n) is 4.33. The Hall–Kier alpha value is -2.84. The standard InChI is InChI=1S/C24H14BrN/c25-14-9-12-22-21(13-14)20-11-10-19-17-7-2-1-5-15(17)16-6-3-4-8-18(16)23(19)24(20)26-22/h1-13,26H. The molecular formula is C24H14BrN. The quantitative estimate of drug-likeness (QED) is 0.255. The molecule has 6 aromatic rings. The molecule has 0 amide bonds. The molecule has 0 saturated heterocycles. The summed E-state index contributed by atoms with van der Waals surface area (Å²) in [4.78, 5) is 3.68. The summed E-state index contributed by atoms with van der Waals surface area (Å²) < 4.78 is 1.11. The van der Waals surface area contributed by atoms with Crippen molar-refractivity contribution in [3.8, 4) is 0 Å². The summed E-state index contributed by atoms with van der Waals surface area (Å²) in [5.41, 5.74) is 2.39. The number of rotatable bonds is 0. The van der Waals surface area contributed by atoms with Crippen molar-refractivity contribution in [2.24, 2.45) is 0 Å². The minimum atomic E-state index is 1.11. The lowest BCUT2D eigenvalue weighted by Crippen LogP contribution is -1.84. The first-order valence-electron chi connectivity index (χ1n) is 8.74. The molecule has 1 heterocycles. The Balaban J connectivity index is 1.98. The first kappa shape index (κ1) is 14.3. The summed E-state index contributed by atoms with van der Waals surface area (Å²) >= 11 is 3.61. The van der Waals surface area contributed by atoms with Gasteiger partial charge < -0.3 is 4.98 Å². The molecule has 6 rings (SSSR count). The van der Waals surface area contributed by atoms with Gasteiger partial charge in [0.05, 0.1) is 5.52 Å². The van der Waals surface area contributed by atoms with Gasteiger partial charge in [0.15, 0.2) is 0 Å². The number of hydrogen-bond acceptors (Lipinski definition) is 0. The Kier molecular flexibility index (Phi) is 2.81. The molecule has 1 N–H and O–H groups in total. The molecule has 1 nitrogen and oxygen atoms in total. The second-order valence-electron chi connectivity index (χ2n) is 6.82. The number of aromatic nitrogens is 1. The van der Waals surface area contributed by atoms with E-state index in [2.05, 4.69) is 99.8 Å². The normalized spacial score (nSPS) is 12.0. The average Bonchev–Trinajstić information content (AvgIpc) is 3.06. The van der Waals surface area contributed by atoms with Gasteiger partial charge in [0.1, 0.15) is 0 Å². The molecule has 2 heteroatoms. The third-order valence-corrected chi connectivity index (χ3v) is 5.93. The van der Waals surface area contributed by atoms with Crippen LogP contribution in [0.4, 0.5) is 0 Å². The number of halogens is 1. The van der Waals surface area contributed by atoms with Crippen LogP contribution in [-0.2, 0) is 0 Å². The molecule has 0 atom stereocenters. The molecule has 0 spiro atoms. The average molecular weight is 396 g/mol. The molecule has 122 valence electrons. The third kappa shape index (κ3) is 1.80. The van der Waals surface area contributed by atoms with E-state index >= 15 is 0 Å². The molecule has 0 unspecified atom stereocenters. The maximum atomic E-state index is 3.68. The maximum absolute atomic E-state index is 3.68. The minimum Gasteiger partial charge on any atom is -0.354 e. The monoisotopic (exact) mass is 395 g/mol. The molecule has 0 aliphatic carbocycles. The number of nitrogens with one attached hydrogen (secondary N) is 1.